The van der Waals surface area contributed by atoms with Gasteiger partial charge in [-0.05, 0) is 25.2 Å². The molecule has 0 radical (unpaired) electrons. The van der Waals surface area contributed by atoms with Crippen LogP contribution in [-0.2, 0) is 10.3 Å². The van der Waals surface area contributed by atoms with E-state index in [4.69, 9.17) is 4.55 Å². The summed E-state index contributed by atoms with van der Waals surface area (Å²) in [5.74, 6) is 0.564. The lowest BCUT2D eigenvalue weighted by Gasteiger charge is -2.07. The van der Waals surface area contributed by atoms with Crippen molar-refractivity contribution < 1.29 is 13.0 Å². The lowest BCUT2D eigenvalue weighted by atomic mass is 10.1. The first-order valence-corrected chi connectivity index (χ1v) is 5.16. The monoisotopic (exact) mass is 179 g/mol. The molecule has 2 N–H and O–H groups in total. The first kappa shape index (κ1) is 8.96. The number of hydrogen-bond donors (Lipinski definition) is 2. The second kappa shape index (κ2) is 3.08. The van der Waals surface area contributed by atoms with Crippen molar-refractivity contribution in [2.45, 2.75) is 32.2 Å². The van der Waals surface area contributed by atoms with Crippen LogP contribution in [0.2, 0.25) is 0 Å². The minimum atomic E-state index is -3.98. The first-order chi connectivity index (χ1) is 4.97. The van der Waals surface area contributed by atoms with Crippen molar-refractivity contribution in [2.75, 3.05) is 0 Å². The zero-order chi connectivity index (χ0) is 8.48. The highest BCUT2D eigenvalue weighted by molar-refractivity contribution is 7.83. The summed E-state index contributed by atoms with van der Waals surface area (Å²) in [6, 6.07) is -0.0556. The molecule has 4 nitrogen and oxygen atoms in total. The first-order valence-electron chi connectivity index (χ1n) is 3.72. The molecule has 1 aliphatic carbocycles. The van der Waals surface area contributed by atoms with Crippen LogP contribution in [0.25, 0.3) is 0 Å². The molecule has 0 saturated heterocycles. The van der Waals surface area contributed by atoms with Gasteiger partial charge in [0.2, 0.25) is 0 Å². The summed E-state index contributed by atoms with van der Waals surface area (Å²) in [6.07, 6.45) is 2.70. The lowest BCUT2D eigenvalue weighted by Crippen LogP contribution is -2.32. The molecule has 1 aliphatic rings. The summed E-state index contributed by atoms with van der Waals surface area (Å²) in [5.41, 5.74) is 0. The quantitative estimate of drug-likeness (QED) is 0.609. The van der Waals surface area contributed by atoms with Crippen LogP contribution in [0.4, 0.5) is 0 Å². The molecular formula is C6H13NO3S. The van der Waals surface area contributed by atoms with Gasteiger partial charge in [-0.1, -0.05) is 6.92 Å². The van der Waals surface area contributed by atoms with Gasteiger partial charge in [-0.2, -0.15) is 13.1 Å². The van der Waals surface area contributed by atoms with E-state index in [2.05, 4.69) is 11.6 Å². The Bertz CT molecular complexity index is 224. The Labute approximate surface area is 66.9 Å². The summed E-state index contributed by atoms with van der Waals surface area (Å²) in [4.78, 5) is 0. The third-order valence-electron chi connectivity index (χ3n) is 2.01. The van der Waals surface area contributed by atoms with E-state index < -0.39 is 10.3 Å². The van der Waals surface area contributed by atoms with E-state index in [-0.39, 0.29) is 6.04 Å². The standard InChI is InChI=1S/C6H13NO3S/c1-5-2-3-6(4-5)7-11(8,9)10/h5-7H,2-4H2,1H3,(H,8,9,10). The molecule has 0 bridgehead atoms. The van der Waals surface area contributed by atoms with Crippen LogP contribution in [0.15, 0.2) is 0 Å². The molecule has 0 spiro atoms. The molecule has 0 aromatic carbocycles. The van der Waals surface area contributed by atoms with E-state index in [9.17, 15) is 8.42 Å². The van der Waals surface area contributed by atoms with Gasteiger partial charge in [0.25, 0.3) is 0 Å². The summed E-state index contributed by atoms with van der Waals surface area (Å²) in [7, 11) is -3.98. The molecule has 2 unspecified atom stereocenters. The van der Waals surface area contributed by atoms with Crippen molar-refractivity contribution in [1.29, 1.82) is 0 Å². The largest absolute Gasteiger partial charge is 0.333 e. The van der Waals surface area contributed by atoms with Gasteiger partial charge in [-0.25, -0.2) is 0 Å². The average Bonchev–Trinajstić information content (AvgIpc) is 2.10. The highest BCUT2D eigenvalue weighted by Gasteiger charge is 2.24. The Kier molecular flexibility index (Phi) is 2.51. The minimum Gasteiger partial charge on any atom is -0.273 e. The summed E-state index contributed by atoms with van der Waals surface area (Å²) in [5, 5.41) is 0. The molecule has 0 heterocycles. The summed E-state index contributed by atoms with van der Waals surface area (Å²) >= 11 is 0. The maximum atomic E-state index is 10.3. The van der Waals surface area contributed by atoms with E-state index in [1.54, 1.807) is 0 Å². The van der Waals surface area contributed by atoms with Gasteiger partial charge < -0.3 is 0 Å². The molecule has 66 valence electrons. The molecule has 5 heteroatoms. The summed E-state index contributed by atoms with van der Waals surface area (Å²) in [6.45, 7) is 2.08. The fourth-order valence-electron chi connectivity index (χ4n) is 1.52. The normalized spacial score (nSPS) is 32.5. The van der Waals surface area contributed by atoms with E-state index in [0.29, 0.717) is 5.92 Å². The van der Waals surface area contributed by atoms with Crippen LogP contribution >= 0.6 is 0 Å². The molecule has 1 fully saturated rings. The highest BCUT2D eigenvalue weighted by Crippen LogP contribution is 2.24. The molecule has 1 saturated carbocycles. The third-order valence-corrected chi connectivity index (χ3v) is 2.64. The van der Waals surface area contributed by atoms with Crippen molar-refractivity contribution >= 4 is 10.3 Å². The zero-order valence-electron chi connectivity index (χ0n) is 6.45. The Morgan fingerprint density at radius 3 is 2.45 bits per heavy atom. The van der Waals surface area contributed by atoms with Gasteiger partial charge in [0.15, 0.2) is 0 Å². The molecule has 1 rings (SSSR count). The van der Waals surface area contributed by atoms with E-state index in [0.717, 1.165) is 19.3 Å². The fourth-order valence-corrected chi connectivity index (χ4v) is 2.16. The predicted molar refractivity (Wildman–Crippen MR) is 41.5 cm³/mol. The summed E-state index contributed by atoms with van der Waals surface area (Å²) < 4.78 is 31.3. The minimum absolute atomic E-state index is 0.0556. The molecule has 0 aromatic rings. The van der Waals surface area contributed by atoms with Gasteiger partial charge in [0.05, 0.1) is 0 Å². The van der Waals surface area contributed by atoms with Gasteiger partial charge >= 0.3 is 10.3 Å². The van der Waals surface area contributed by atoms with Crippen molar-refractivity contribution in [3.63, 3.8) is 0 Å². The Morgan fingerprint density at radius 1 is 1.45 bits per heavy atom. The maximum Gasteiger partial charge on any atom is 0.333 e. The van der Waals surface area contributed by atoms with Crippen LogP contribution in [0.3, 0.4) is 0 Å². The van der Waals surface area contributed by atoms with E-state index >= 15 is 0 Å². The maximum absolute atomic E-state index is 10.3. The van der Waals surface area contributed by atoms with Gasteiger partial charge in [-0.3, -0.25) is 4.55 Å². The van der Waals surface area contributed by atoms with Crippen LogP contribution in [0.1, 0.15) is 26.2 Å². The van der Waals surface area contributed by atoms with E-state index in [1.807, 2.05) is 0 Å². The second-order valence-corrected chi connectivity index (χ2v) is 4.39. The number of rotatable bonds is 2. The third kappa shape index (κ3) is 3.18. The second-order valence-electron chi connectivity index (χ2n) is 3.21. The molecule has 11 heavy (non-hydrogen) atoms. The van der Waals surface area contributed by atoms with E-state index in [1.165, 1.54) is 0 Å². The van der Waals surface area contributed by atoms with Crippen molar-refractivity contribution in [3.05, 3.63) is 0 Å². The van der Waals surface area contributed by atoms with Crippen molar-refractivity contribution in [3.8, 4) is 0 Å². The van der Waals surface area contributed by atoms with Crippen LogP contribution in [-0.4, -0.2) is 19.0 Å². The topological polar surface area (TPSA) is 66.4 Å². The molecule has 2 atom stereocenters. The Morgan fingerprint density at radius 2 is 2.09 bits per heavy atom. The van der Waals surface area contributed by atoms with Crippen LogP contribution < -0.4 is 4.72 Å². The van der Waals surface area contributed by atoms with Crippen molar-refractivity contribution in [2.24, 2.45) is 5.92 Å². The zero-order valence-corrected chi connectivity index (χ0v) is 7.26. The fraction of sp³-hybridized carbons (Fsp3) is 1.00. The van der Waals surface area contributed by atoms with Crippen LogP contribution in [0, 0.1) is 5.92 Å². The number of nitrogens with one attached hydrogen (secondary N) is 1. The molecule has 0 aliphatic heterocycles. The smallest absolute Gasteiger partial charge is 0.273 e. The van der Waals surface area contributed by atoms with Gasteiger partial charge in [0.1, 0.15) is 0 Å². The molecule has 0 amide bonds. The molecule has 0 aromatic heterocycles. The average molecular weight is 179 g/mol. The SMILES string of the molecule is CC1CCC(NS(=O)(=O)O)C1. The lowest BCUT2D eigenvalue weighted by molar-refractivity contribution is 0.449. The highest BCUT2D eigenvalue weighted by atomic mass is 32.2. The predicted octanol–water partition coefficient (Wildman–Crippen LogP) is 0.567. The Balaban J connectivity index is 2.41. The number of hydrogen-bond acceptors (Lipinski definition) is 2. The van der Waals surface area contributed by atoms with Crippen molar-refractivity contribution in [1.82, 2.24) is 4.72 Å². The Hall–Kier alpha value is -0.130. The van der Waals surface area contributed by atoms with Gasteiger partial charge in [0, 0.05) is 6.04 Å². The molecular weight excluding hydrogens is 166 g/mol. The van der Waals surface area contributed by atoms with Gasteiger partial charge in [-0.15, -0.1) is 0 Å². The van der Waals surface area contributed by atoms with Crippen LogP contribution in [0.5, 0.6) is 0 Å².